The molecule has 0 aromatic heterocycles. The van der Waals surface area contributed by atoms with Crippen LogP contribution < -0.4 is 5.32 Å². The summed E-state index contributed by atoms with van der Waals surface area (Å²) in [7, 11) is 0. The quantitative estimate of drug-likeness (QED) is 0.915. The van der Waals surface area contributed by atoms with Gasteiger partial charge in [-0.25, -0.2) is 4.39 Å². The second-order valence-corrected chi connectivity index (χ2v) is 5.73. The summed E-state index contributed by atoms with van der Waals surface area (Å²) in [5.41, 5.74) is 0.618. The highest BCUT2D eigenvalue weighted by Crippen LogP contribution is 2.23. The van der Waals surface area contributed by atoms with E-state index in [4.69, 9.17) is 11.6 Å². The van der Waals surface area contributed by atoms with Gasteiger partial charge < -0.3 is 5.32 Å². The molecule has 4 heteroatoms. The van der Waals surface area contributed by atoms with Gasteiger partial charge in [0.05, 0.1) is 0 Å². The molecule has 2 nitrogen and oxygen atoms in total. The fraction of sp³-hybridized carbons (Fsp3) is 0.600. The minimum atomic E-state index is -0.204. The molecule has 0 saturated carbocycles. The molecule has 2 atom stereocenters. The molecule has 0 bridgehead atoms. The van der Waals surface area contributed by atoms with Crippen LogP contribution in [0.4, 0.5) is 4.39 Å². The van der Waals surface area contributed by atoms with Crippen molar-refractivity contribution >= 4 is 11.6 Å². The molecule has 0 amide bonds. The lowest BCUT2D eigenvalue weighted by Crippen LogP contribution is -2.39. The Morgan fingerprint density at radius 2 is 2.26 bits per heavy atom. The van der Waals surface area contributed by atoms with Crippen molar-refractivity contribution in [1.82, 2.24) is 10.2 Å². The van der Waals surface area contributed by atoms with E-state index in [1.54, 1.807) is 12.1 Å². The predicted molar refractivity (Wildman–Crippen MR) is 78.0 cm³/mol. The smallest absolute Gasteiger partial charge is 0.129 e. The Morgan fingerprint density at radius 3 is 2.95 bits per heavy atom. The molecule has 2 unspecified atom stereocenters. The number of hydrogen-bond acceptors (Lipinski definition) is 2. The fourth-order valence-electron chi connectivity index (χ4n) is 2.59. The van der Waals surface area contributed by atoms with E-state index in [-0.39, 0.29) is 5.82 Å². The van der Waals surface area contributed by atoms with Crippen LogP contribution in [-0.4, -0.2) is 30.1 Å². The Labute approximate surface area is 119 Å². The molecule has 1 aliphatic heterocycles. The minimum Gasteiger partial charge on any atom is -0.313 e. The predicted octanol–water partition coefficient (Wildman–Crippen LogP) is 3.44. The number of hydrogen-bond donors (Lipinski definition) is 1. The summed E-state index contributed by atoms with van der Waals surface area (Å²) in [6, 6.07) is 5.83. The molecular formula is C15H22ClFN2. The van der Waals surface area contributed by atoms with E-state index in [2.05, 4.69) is 24.1 Å². The average Bonchev–Trinajstić information content (AvgIpc) is 2.56. The van der Waals surface area contributed by atoms with Gasteiger partial charge in [-0.2, -0.15) is 0 Å². The standard InChI is InChI=1S/C15H22ClFN2/c1-3-12-9-19(11(2)7-8-18-12)10-13-14(16)5-4-6-15(13)17/h4-6,11-12,18H,3,7-10H2,1-2H3. The van der Waals surface area contributed by atoms with Gasteiger partial charge >= 0.3 is 0 Å². The summed E-state index contributed by atoms with van der Waals surface area (Å²) >= 11 is 6.13. The SMILES string of the molecule is CCC1CN(Cc2c(F)cccc2Cl)C(C)CCN1. The Morgan fingerprint density at radius 1 is 1.47 bits per heavy atom. The third-order valence-electron chi connectivity index (χ3n) is 3.99. The van der Waals surface area contributed by atoms with E-state index in [1.807, 2.05) is 0 Å². The van der Waals surface area contributed by atoms with Crippen LogP contribution in [0.5, 0.6) is 0 Å². The minimum absolute atomic E-state index is 0.204. The third kappa shape index (κ3) is 3.68. The van der Waals surface area contributed by atoms with Crippen molar-refractivity contribution in [3.8, 4) is 0 Å². The Bertz CT molecular complexity index is 404. The number of benzene rings is 1. The van der Waals surface area contributed by atoms with E-state index in [9.17, 15) is 4.39 Å². The monoisotopic (exact) mass is 284 g/mol. The van der Waals surface area contributed by atoms with Gasteiger partial charge in [0.15, 0.2) is 0 Å². The van der Waals surface area contributed by atoms with Crippen molar-refractivity contribution in [3.05, 3.63) is 34.6 Å². The fourth-order valence-corrected chi connectivity index (χ4v) is 2.81. The third-order valence-corrected chi connectivity index (χ3v) is 4.34. The van der Waals surface area contributed by atoms with Gasteiger partial charge in [0.2, 0.25) is 0 Å². The summed E-state index contributed by atoms with van der Waals surface area (Å²) in [5.74, 6) is -0.204. The molecule has 0 spiro atoms. The molecule has 19 heavy (non-hydrogen) atoms. The second-order valence-electron chi connectivity index (χ2n) is 5.33. The summed E-state index contributed by atoms with van der Waals surface area (Å²) in [6.07, 6.45) is 2.18. The van der Waals surface area contributed by atoms with Gasteiger partial charge in [-0.15, -0.1) is 0 Å². The summed E-state index contributed by atoms with van der Waals surface area (Å²) in [6.45, 7) is 6.95. The lowest BCUT2D eigenvalue weighted by Gasteiger charge is -2.29. The van der Waals surface area contributed by atoms with Crippen LogP contribution in [0, 0.1) is 5.82 Å². The van der Waals surface area contributed by atoms with Crippen molar-refractivity contribution in [2.24, 2.45) is 0 Å². The largest absolute Gasteiger partial charge is 0.313 e. The van der Waals surface area contributed by atoms with E-state index < -0.39 is 0 Å². The molecule has 1 aliphatic rings. The van der Waals surface area contributed by atoms with E-state index >= 15 is 0 Å². The summed E-state index contributed by atoms with van der Waals surface area (Å²) < 4.78 is 13.9. The maximum Gasteiger partial charge on any atom is 0.129 e. The molecule has 0 radical (unpaired) electrons. The van der Waals surface area contributed by atoms with E-state index in [0.717, 1.165) is 25.9 Å². The maximum atomic E-state index is 13.9. The number of nitrogens with one attached hydrogen (secondary N) is 1. The molecule has 2 rings (SSSR count). The van der Waals surface area contributed by atoms with Gasteiger partial charge in [-0.1, -0.05) is 24.6 Å². The normalized spacial score (nSPS) is 25.3. The number of halogens is 2. The zero-order valence-electron chi connectivity index (χ0n) is 11.6. The first-order valence-corrected chi connectivity index (χ1v) is 7.40. The van der Waals surface area contributed by atoms with Crippen molar-refractivity contribution in [2.45, 2.75) is 45.3 Å². The van der Waals surface area contributed by atoms with Crippen molar-refractivity contribution < 1.29 is 4.39 Å². The molecule has 1 saturated heterocycles. The molecule has 106 valence electrons. The Kier molecular flexibility index (Phi) is 5.20. The second kappa shape index (κ2) is 6.69. The van der Waals surface area contributed by atoms with Crippen LogP contribution >= 0.6 is 11.6 Å². The van der Waals surface area contributed by atoms with Crippen molar-refractivity contribution in [2.75, 3.05) is 13.1 Å². The van der Waals surface area contributed by atoms with Crippen LogP contribution in [0.15, 0.2) is 18.2 Å². The van der Waals surface area contributed by atoms with Crippen LogP contribution in [0.2, 0.25) is 5.02 Å². The molecule has 0 aliphatic carbocycles. The molecular weight excluding hydrogens is 263 g/mol. The summed E-state index contributed by atoms with van der Waals surface area (Å²) in [4.78, 5) is 2.33. The topological polar surface area (TPSA) is 15.3 Å². The van der Waals surface area contributed by atoms with Crippen molar-refractivity contribution in [3.63, 3.8) is 0 Å². The van der Waals surface area contributed by atoms with Crippen LogP contribution in [0.3, 0.4) is 0 Å². The van der Waals surface area contributed by atoms with Gasteiger partial charge in [0.1, 0.15) is 5.82 Å². The lowest BCUT2D eigenvalue weighted by atomic mass is 10.1. The highest BCUT2D eigenvalue weighted by Gasteiger charge is 2.23. The van der Waals surface area contributed by atoms with Gasteiger partial charge in [-0.05, 0) is 38.4 Å². The van der Waals surface area contributed by atoms with Gasteiger partial charge in [-0.3, -0.25) is 4.90 Å². The first-order valence-electron chi connectivity index (χ1n) is 7.02. The average molecular weight is 285 g/mol. The summed E-state index contributed by atoms with van der Waals surface area (Å²) in [5, 5.41) is 4.06. The molecule has 1 N–H and O–H groups in total. The Balaban J connectivity index is 2.15. The Hall–Kier alpha value is -0.640. The zero-order valence-corrected chi connectivity index (χ0v) is 12.4. The van der Waals surface area contributed by atoms with Crippen LogP contribution in [-0.2, 0) is 6.54 Å². The maximum absolute atomic E-state index is 13.9. The molecule has 1 aromatic rings. The zero-order chi connectivity index (χ0) is 13.8. The number of nitrogens with zero attached hydrogens (tertiary/aromatic N) is 1. The van der Waals surface area contributed by atoms with E-state index in [0.29, 0.717) is 29.2 Å². The first-order chi connectivity index (χ1) is 9.11. The highest BCUT2D eigenvalue weighted by atomic mass is 35.5. The van der Waals surface area contributed by atoms with E-state index in [1.165, 1.54) is 6.07 Å². The molecule has 1 fully saturated rings. The molecule has 1 aromatic carbocycles. The highest BCUT2D eigenvalue weighted by molar-refractivity contribution is 6.31. The van der Waals surface area contributed by atoms with Gasteiger partial charge in [0.25, 0.3) is 0 Å². The van der Waals surface area contributed by atoms with Crippen molar-refractivity contribution in [1.29, 1.82) is 0 Å². The molecule has 1 heterocycles. The van der Waals surface area contributed by atoms with Crippen LogP contribution in [0.1, 0.15) is 32.3 Å². The van der Waals surface area contributed by atoms with Gasteiger partial charge in [0, 0.05) is 35.8 Å². The first kappa shape index (κ1) is 14.8. The van der Waals surface area contributed by atoms with Crippen LogP contribution in [0.25, 0.3) is 0 Å². The lowest BCUT2D eigenvalue weighted by molar-refractivity contribution is 0.192. The number of rotatable bonds is 3.